The lowest BCUT2D eigenvalue weighted by Gasteiger charge is -2.16. The van der Waals surface area contributed by atoms with E-state index in [4.69, 9.17) is 74.3 Å². The van der Waals surface area contributed by atoms with E-state index in [2.05, 4.69) is 21.5 Å². The van der Waals surface area contributed by atoms with Crippen LogP contribution in [0.4, 0.5) is 0 Å². The Labute approximate surface area is 180 Å². The van der Waals surface area contributed by atoms with Crippen LogP contribution in [0.1, 0.15) is 23.0 Å². The van der Waals surface area contributed by atoms with Crippen LogP contribution >= 0.6 is 69.6 Å². The summed E-state index contributed by atoms with van der Waals surface area (Å²) in [5.74, 6) is 0.508. The smallest absolute Gasteiger partial charge is 0.250 e. The minimum Gasteiger partial charge on any atom is -0.497 e. The number of hydrogen-bond donors (Lipinski definition) is 0. The molecule has 2 aromatic rings. The van der Waals surface area contributed by atoms with Crippen molar-refractivity contribution in [2.75, 3.05) is 7.11 Å². The lowest BCUT2D eigenvalue weighted by molar-refractivity contribution is 0.415. The van der Waals surface area contributed by atoms with E-state index in [1.165, 1.54) is 0 Å². The highest BCUT2D eigenvalue weighted by atomic mass is 35.6. The van der Waals surface area contributed by atoms with Crippen LogP contribution in [0.25, 0.3) is 5.57 Å². The van der Waals surface area contributed by atoms with Gasteiger partial charge in [-0.15, -0.1) is 0 Å². The van der Waals surface area contributed by atoms with E-state index in [1.54, 1.807) is 31.4 Å². The highest BCUT2D eigenvalue weighted by molar-refractivity contribution is 6.67. The van der Waals surface area contributed by atoms with E-state index in [0.29, 0.717) is 11.3 Å². The van der Waals surface area contributed by atoms with E-state index in [-0.39, 0.29) is 17.5 Å². The summed E-state index contributed by atoms with van der Waals surface area (Å²) in [5.41, 5.74) is 1.32. The SMILES string of the molecule is C=C/C=C(/c1ccc(OC)cc1)c1nc(C(Cl)(Cl)Cl)nc(C(Cl)(Cl)Cl)n1. The monoisotopic (exact) mass is 471 g/mol. The molecule has 0 spiro atoms. The molecule has 2 rings (SSSR count). The molecule has 138 valence electrons. The van der Waals surface area contributed by atoms with Gasteiger partial charge in [-0.25, -0.2) is 15.0 Å². The number of rotatable bonds is 4. The zero-order chi connectivity index (χ0) is 19.5. The number of methoxy groups -OCH3 is 1. The van der Waals surface area contributed by atoms with Crippen molar-refractivity contribution in [1.29, 1.82) is 0 Å². The van der Waals surface area contributed by atoms with Crippen LogP contribution < -0.4 is 4.74 Å². The average molecular weight is 474 g/mol. The summed E-state index contributed by atoms with van der Waals surface area (Å²) in [6.45, 7) is 3.70. The Morgan fingerprint density at radius 2 is 1.42 bits per heavy atom. The van der Waals surface area contributed by atoms with Gasteiger partial charge in [0.2, 0.25) is 7.59 Å². The van der Waals surface area contributed by atoms with Crippen LogP contribution in [0.5, 0.6) is 5.75 Å². The lowest BCUT2D eigenvalue weighted by atomic mass is 10.0. The Kier molecular flexibility index (Phi) is 7.05. The predicted molar refractivity (Wildman–Crippen MR) is 109 cm³/mol. The summed E-state index contributed by atoms with van der Waals surface area (Å²) in [4.78, 5) is 12.4. The summed E-state index contributed by atoms with van der Waals surface area (Å²) < 4.78 is 1.30. The van der Waals surface area contributed by atoms with E-state index >= 15 is 0 Å². The first-order chi connectivity index (χ1) is 12.1. The zero-order valence-electron chi connectivity index (χ0n) is 13.2. The van der Waals surface area contributed by atoms with Gasteiger partial charge in [0, 0.05) is 5.57 Å². The largest absolute Gasteiger partial charge is 0.497 e. The van der Waals surface area contributed by atoms with Crippen molar-refractivity contribution in [3.63, 3.8) is 0 Å². The Morgan fingerprint density at radius 3 is 1.81 bits per heavy atom. The standard InChI is InChI=1S/C16H11Cl6N3O/c1-3-4-11(9-5-7-10(26-2)8-6-9)12-23-13(15(17,18)19)25-14(24-12)16(20,21)22/h3-8H,1H2,2H3/b11-4-. The molecule has 0 aliphatic rings. The minimum atomic E-state index is -1.93. The molecule has 0 radical (unpaired) electrons. The van der Waals surface area contributed by atoms with Gasteiger partial charge in [0.1, 0.15) is 5.75 Å². The van der Waals surface area contributed by atoms with Crippen molar-refractivity contribution in [3.8, 4) is 5.75 Å². The van der Waals surface area contributed by atoms with Crippen molar-refractivity contribution in [3.05, 3.63) is 66.0 Å². The summed E-state index contributed by atoms with van der Waals surface area (Å²) in [6.07, 6.45) is 3.24. The van der Waals surface area contributed by atoms with E-state index in [0.717, 1.165) is 5.56 Å². The number of halogens is 6. The number of alkyl halides is 6. The second-order valence-electron chi connectivity index (χ2n) is 4.85. The number of nitrogens with zero attached hydrogens (tertiary/aromatic N) is 3. The molecular weight excluding hydrogens is 463 g/mol. The first-order valence-corrected chi connectivity index (χ1v) is 9.21. The quantitative estimate of drug-likeness (QED) is 0.394. The summed E-state index contributed by atoms with van der Waals surface area (Å²) in [5, 5.41) is 0. The Hall–Kier alpha value is -0.750. The van der Waals surface area contributed by atoms with E-state index in [1.807, 2.05) is 12.1 Å². The van der Waals surface area contributed by atoms with Crippen LogP contribution in [-0.2, 0) is 7.59 Å². The second kappa shape index (κ2) is 8.51. The molecule has 0 bridgehead atoms. The van der Waals surface area contributed by atoms with Crippen LogP contribution in [0.2, 0.25) is 0 Å². The van der Waals surface area contributed by atoms with Crippen molar-refractivity contribution in [2.24, 2.45) is 0 Å². The summed E-state index contributed by atoms with van der Waals surface area (Å²) >= 11 is 35.5. The van der Waals surface area contributed by atoms with Gasteiger partial charge in [0.25, 0.3) is 0 Å². The fourth-order valence-electron chi connectivity index (χ4n) is 1.94. The topological polar surface area (TPSA) is 47.9 Å². The first-order valence-electron chi connectivity index (χ1n) is 6.94. The maximum Gasteiger partial charge on any atom is 0.250 e. The number of ether oxygens (including phenoxy) is 1. The molecule has 0 aliphatic carbocycles. The van der Waals surface area contributed by atoms with Crippen molar-refractivity contribution < 1.29 is 4.74 Å². The number of benzene rings is 1. The predicted octanol–water partition coefficient (Wildman–Crippen LogP) is 6.15. The van der Waals surface area contributed by atoms with Crippen LogP contribution in [0.15, 0.2) is 43.0 Å². The van der Waals surface area contributed by atoms with Crippen molar-refractivity contribution in [1.82, 2.24) is 15.0 Å². The lowest BCUT2D eigenvalue weighted by Crippen LogP contribution is -2.18. The van der Waals surface area contributed by atoms with Gasteiger partial charge in [0.05, 0.1) is 7.11 Å². The van der Waals surface area contributed by atoms with Gasteiger partial charge in [0.15, 0.2) is 17.5 Å². The third-order valence-corrected chi connectivity index (χ3v) is 4.08. The molecule has 0 amide bonds. The summed E-state index contributed by atoms with van der Waals surface area (Å²) in [7, 11) is 1.57. The van der Waals surface area contributed by atoms with E-state index in [9.17, 15) is 0 Å². The van der Waals surface area contributed by atoms with Gasteiger partial charge in [-0.2, -0.15) is 0 Å². The van der Waals surface area contributed by atoms with Crippen molar-refractivity contribution in [2.45, 2.75) is 7.59 Å². The maximum absolute atomic E-state index is 5.91. The molecule has 1 aromatic heterocycles. The van der Waals surface area contributed by atoms with Gasteiger partial charge in [-0.05, 0) is 17.7 Å². The minimum absolute atomic E-state index is 0.160. The Morgan fingerprint density at radius 1 is 0.923 bits per heavy atom. The molecule has 10 heteroatoms. The third-order valence-electron chi connectivity index (χ3n) is 3.07. The number of allylic oxidation sites excluding steroid dienone is 2. The highest BCUT2D eigenvalue weighted by Crippen LogP contribution is 2.40. The van der Waals surface area contributed by atoms with E-state index < -0.39 is 7.59 Å². The van der Waals surface area contributed by atoms with Crippen LogP contribution in [0, 0.1) is 0 Å². The number of hydrogen-bond acceptors (Lipinski definition) is 4. The fraction of sp³-hybridized carbons (Fsp3) is 0.188. The second-order valence-corrected chi connectivity index (χ2v) is 9.41. The van der Waals surface area contributed by atoms with Gasteiger partial charge < -0.3 is 4.74 Å². The molecule has 0 aliphatic heterocycles. The maximum atomic E-state index is 5.91. The van der Waals surface area contributed by atoms with Gasteiger partial charge in [-0.1, -0.05) is 100 Å². The molecule has 0 fully saturated rings. The summed E-state index contributed by atoms with van der Waals surface area (Å²) in [6, 6.07) is 7.17. The molecule has 1 heterocycles. The molecule has 26 heavy (non-hydrogen) atoms. The molecule has 4 nitrogen and oxygen atoms in total. The zero-order valence-corrected chi connectivity index (χ0v) is 17.7. The Bertz CT molecular complexity index is 793. The van der Waals surface area contributed by atoms with Crippen LogP contribution in [-0.4, -0.2) is 22.1 Å². The Balaban J connectivity index is 2.68. The average Bonchev–Trinajstić information content (AvgIpc) is 2.58. The molecule has 0 unspecified atom stereocenters. The normalized spacial score (nSPS) is 12.8. The third kappa shape index (κ3) is 5.38. The van der Waals surface area contributed by atoms with Crippen LogP contribution in [0.3, 0.4) is 0 Å². The molecule has 0 saturated carbocycles. The number of aromatic nitrogens is 3. The van der Waals surface area contributed by atoms with Crippen molar-refractivity contribution >= 4 is 75.2 Å². The first kappa shape index (κ1) is 21.5. The molecule has 0 N–H and O–H groups in total. The molecule has 0 atom stereocenters. The van der Waals surface area contributed by atoms with Gasteiger partial charge >= 0.3 is 0 Å². The van der Waals surface area contributed by atoms with Gasteiger partial charge in [-0.3, -0.25) is 0 Å². The fourth-order valence-corrected chi connectivity index (χ4v) is 2.45. The molecule has 0 saturated heterocycles. The molecular formula is C16H11Cl6N3O. The molecule has 1 aromatic carbocycles. The highest BCUT2D eigenvalue weighted by Gasteiger charge is 2.34.